The van der Waals surface area contributed by atoms with Crippen LogP contribution >= 0.6 is 40.7 Å². The standard InChI is InChI=1S/C19H22BrN3O.2ClH/c20-16-2-1-3-18(11-16)23-9-8-15(13-23)12-22-19(24)10-14-4-6-17(21)7-5-14;;/h1-7,11,15H,8-10,12-13,21H2,(H,22,24);2*1H. The number of carbonyl (C=O) groups is 1. The second-order valence-corrected chi connectivity index (χ2v) is 7.22. The molecule has 2 aromatic carbocycles. The van der Waals surface area contributed by atoms with Crippen molar-refractivity contribution in [3.63, 3.8) is 0 Å². The lowest BCUT2D eigenvalue weighted by molar-refractivity contribution is -0.120. The van der Waals surface area contributed by atoms with Gasteiger partial charge in [-0.25, -0.2) is 0 Å². The van der Waals surface area contributed by atoms with Crippen molar-refractivity contribution in [3.05, 3.63) is 58.6 Å². The van der Waals surface area contributed by atoms with Gasteiger partial charge in [-0.3, -0.25) is 4.79 Å². The molecule has 3 rings (SSSR count). The Morgan fingerprint density at radius 3 is 2.62 bits per heavy atom. The van der Waals surface area contributed by atoms with Gasteiger partial charge in [-0.15, -0.1) is 24.8 Å². The third-order valence-corrected chi connectivity index (χ3v) is 4.88. The summed E-state index contributed by atoms with van der Waals surface area (Å²) in [7, 11) is 0. The summed E-state index contributed by atoms with van der Waals surface area (Å²) in [5.41, 5.74) is 8.61. The number of hydrogen-bond acceptors (Lipinski definition) is 3. The highest BCUT2D eigenvalue weighted by Gasteiger charge is 2.23. The second kappa shape index (κ2) is 10.7. The van der Waals surface area contributed by atoms with Gasteiger partial charge in [0.1, 0.15) is 0 Å². The topological polar surface area (TPSA) is 58.4 Å². The fourth-order valence-electron chi connectivity index (χ4n) is 3.05. The molecular weight excluding hydrogens is 437 g/mol. The average molecular weight is 461 g/mol. The summed E-state index contributed by atoms with van der Waals surface area (Å²) in [4.78, 5) is 14.5. The molecule has 0 bridgehead atoms. The molecule has 2 aromatic rings. The van der Waals surface area contributed by atoms with E-state index in [1.807, 2.05) is 30.3 Å². The summed E-state index contributed by atoms with van der Waals surface area (Å²) in [6.45, 7) is 2.76. The molecule has 1 aliphatic rings. The zero-order chi connectivity index (χ0) is 16.9. The first kappa shape index (κ1) is 22.6. The van der Waals surface area contributed by atoms with Crippen LogP contribution in [0.4, 0.5) is 11.4 Å². The van der Waals surface area contributed by atoms with Crippen LogP contribution in [0.3, 0.4) is 0 Å². The molecule has 0 spiro atoms. The van der Waals surface area contributed by atoms with Crippen LogP contribution in [0.2, 0.25) is 0 Å². The van der Waals surface area contributed by atoms with Crippen LogP contribution in [-0.2, 0) is 11.2 Å². The van der Waals surface area contributed by atoms with Crippen LogP contribution in [0.25, 0.3) is 0 Å². The first-order chi connectivity index (χ1) is 11.6. The van der Waals surface area contributed by atoms with Gasteiger partial charge in [0, 0.05) is 35.5 Å². The summed E-state index contributed by atoms with van der Waals surface area (Å²) in [5, 5.41) is 3.06. The van der Waals surface area contributed by atoms with Gasteiger partial charge in [0.25, 0.3) is 0 Å². The maximum Gasteiger partial charge on any atom is 0.224 e. The molecule has 0 aromatic heterocycles. The van der Waals surface area contributed by atoms with Crippen molar-refractivity contribution in [2.75, 3.05) is 30.3 Å². The first-order valence-corrected chi connectivity index (χ1v) is 9.01. The lowest BCUT2D eigenvalue weighted by Crippen LogP contribution is -2.32. The van der Waals surface area contributed by atoms with Crippen molar-refractivity contribution in [1.29, 1.82) is 0 Å². The Morgan fingerprint density at radius 1 is 1.19 bits per heavy atom. The molecular formula is C19H24BrCl2N3O. The number of amides is 1. The van der Waals surface area contributed by atoms with Gasteiger partial charge in [0.2, 0.25) is 5.91 Å². The van der Waals surface area contributed by atoms with Gasteiger partial charge < -0.3 is 16.0 Å². The third kappa shape index (κ3) is 6.38. The predicted octanol–water partition coefficient (Wildman–Crippen LogP) is 4.06. The Morgan fingerprint density at radius 2 is 1.92 bits per heavy atom. The van der Waals surface area contributed by atoms with Crippen LogP contribution in [-0.4, -0.2) is 25.5 Å². The van der Waals surface area contributed by atoms with E-state index < -0.39 is 0 Å². The summed E-state index contributed by atoms with van der Waals surface area (Å²) in [5.74, 6) is 0.569. The number of carbonyl (C=O) groups excluding carboxylic acids is 1. The number of hydrogen-bond donors (Lipinski definition) is 2. The molecule has 3 N–H and O–H groups in total. The van der Waals surface area contributed by atoms with Gasteiger partial charge >= 0.3 is 0 Å². The Kier molecular flexibility index (Phi) is 9.27. The van der Waals surface area contributed by atoms with E-state index in [-0.39, 0.29) is 30.7 Å². The van der Waals surface area contributed by atoms with Crippen molar-refractivity contribution in [1.82, 2.24) is 5.32 Å². The second-order valence-electron chi connectivity index (χ2n) is 6.30. The minimum absolute atomic E-state index is 0. The van der Waals surface area contributed by atoms with E-state index in [0.717, 1.165) is 41.8 Å². The largest absolute Gasteiger partial charge is 0.399 e. The van der Waals surface area contributed by atoms with Crippen LogP contribution in [0.5, 0.6) is 0 Å². The summed E-state index contributed by atoms with van der Waals surface area (Å²) < 4.78 is 1.10. The molecule has 1 atom stereocenters. The molecule has 1 fully saturated rings. The molecule has 0 aliphatic carbocycles. The number of anilines is 2. The molecule has 7 heteroatoms. The molecule has 1 heterocycles. The molecule has 4 nitrogen and oxygen atoms in total. The number of halogens is 3. The Hall–Kier alpha value is -1.43. The van der Waals surface area contributed by atoms with Gasteiger partial charge in [0.15, 0.2) is 0 Å². The highest BCUT2D eigenvalue weighted by Crippen LogP contribution is 2.25. The van der Waals surface area contributed by atoms with Crippen LogP contribution in [0.15, 0.2) is 53.0 Å². The van der Waals surface area contributed by atoms with E-state index in [1.54, 1.807) is 0 Å². The smallest absolute Gasteiger partial charge is 0.224 e. The molecule has 142 valence electrons. The van der Waals surface area contributed by atoms with E-state index >= 15 is 0 Å². The van der Waals surface area contributed by atoms with Gasteiger partial charge in [0.05, 0.1) is 6.42 Å². The SMILES string of the molecule is Cl.Cl.Nc1ccc(CC(=O)NCC2CCN(c3cccc(Br)c3)C2)cc1. The van der Waals surface area contributed by atoms with Crippen molar-refractivity contribution in [2.45, 2.75) is 12.8 Å². The number of nitrogens with two attached hydrogens (primary N) is 1. The zero-order valence-electron chi connectivity index (χ0n) is 14.4. The van der Waals surface area contributed by atoms with Crippen molar-refractivity contribution in [3.8, 4) is 0 Å². The number of nitrogens with zero attached hydrogens (tertiary/aromatic N) is 1. The Labute approximate surface area is 175 Å². The van der Waals surface area contributed by atoms with Crippen molar-refractivity contribution < 1.29 is 4.79 Å². The number of benzene rings is 2. The highest BCUT2D eigenvalue weighted by atomic mass is 79.9. The molecule has 1 amide bonds. The van der Waals surface area contributed by atoms with E-state index in [0.29, 0.717) is 12.3 Å². The van der Waals surface area contributed by atoms with Gasteiger partial charge in [-0.05, 0) is 48.2 Å². The van der Waals surface area contributed by atoms with Gasteiger partial charge in [-0.1, -0.05) is 34.1 Å². The van der Waals surface area contributed by atoms with E-state index in [2.05, 4.69) is 44.3 Å². The summed E-state index contributed by atoms with van der Waals surface area (Å²) in [6.07, 6.45) is 1.51. The lowest BCUT2D eigenvalue weighted by Gasteiger charge is -2.19. The third-order valence-electron chi connectivity index (χ3n) is 4.39. The normalized spacial score (nSPS) is 15.7. The van der Waals surface area contributed by atoms with Crippen molar-refractivity contribution in [2.24, 2.45) is 5.92 Å². The number of nitrogen functional groups attached to an aromatic ring is 1. The zero-order valence-corrected chi connectivity index (χ0v) is 17.6. The first-order valence-electron chi connectivity index (χ1n) is 8.22. The molecule has 0 radical (unpaired) electrons. The van der Waals surface area contributed by atoms with E-state index in [9.17, 15) is 4.79 Å². The van der Waals surface area contributed by atoms with Crippen LogP contribution in [0.1, 0.15) is 12.0 Å². The Balaban J connectivity index is 0.00000169. The van der Waals surface area contributed by atoms with Crippen molar-refractivity contribution >= 4 is 58.0 Å². The maximum absolute atomic E-state index is 12.1. The fourth-order valence-corrected chi connectivity index (χ4v) is 3.44. The lowest BCUT2D eigenvalue weighted by atomic mass is 10.1. The molecule has 0 saturated carbocycles. The highest BCUT2D eigenvalue weighted by molar-refractivity contribution is 9.10. The quantitative estimate of drug-likeness (QED) is 0.661. The van der Waals surface area contributed by atoms with Crippen LogP contribution in [0, 0.1) is 5.92 Å². The fraction of sp³-hybridized carbons (Fsp3) is 0.316. The monoisotopic (exact) mass is 459 g/mol. The van der Waals surface area contributed by atoms with Gasteiger partial charge in [-0.2, -0.15) is 0 Å². The average Bonchev–Trinajstić information content (AvgIpc) is 3.04. The minimum Gasteiger partial charge on any atom is -0.399 e. The maximum atomic E-state index is 12.1. The molecule has 1 unspecified atom stereocenters. The van der Waals surface area contributed by atoms with E-state index in [1.165, 1.54) is 5.69 Å². The minimum atomic E-state index is 0. The number of nitrogens with one attached hydrogen (secondary N) is 1. The van der Waals surface area contributed by atoms with E-state index in [4.69, 9.17) is 5.73 Å². The predicted molar refractivity (Wildman–Crippen MR) is 117 cm³/mol. The van der Waals surface area contributed by atoms with Crippen LogP contribution < -0.4 is 16.0 Å². The Bertz CT molecular complexity index is 712. The molecule has 1 aliphatic heterocycles. The molecule has 26 heavy (non-hydrogen) atoms. The number of rotatable bonds is 5. The molecule has 1 saturated heterocycles. The summed E-state index contributed by atoms with van der Waals surface area (Å²) in [6, 6.07) is 15.8. The summed E-state index contributed by atoms with van der Waals surface area (Å²) >= 11 is 3.52.